The van der Waals surface area contributed by atoms with Gasteiger partial charge < -0.3 is 9.15 Å². The molecule has 1 rings (SSSR count). The lowest BCUT2D eigenvalue weighted by Crippen LogP contribution is -2.07. The zero-order chi connectivity index (χ0) is 10.4. The number of esters is 1. The normalized spacial score (nSPS) is 10.1. The van der Waals surface area contributed by atoms with E-state index in [2.05, 4.69) is 6.92 Å². The molecule has 1 aromatic rings. The third kappa shape index (κ3) is 2.62. The van der Waals surface area contributed by atoms with Gasteiger partial charge in [-0.2, -0.15) is 0 Å². The zero-order valence-electron chi connectivity index (χ0n) is 8.71. The van der Waals surface area contributed by atoms with Crippen LogP contribution in [-0.4, -0.2) is 12.6 Å². The Morgan fingerprint density at radius 1 is 1.50 bits per heavy atom. The summed E-state index contributed by atoms with van der Waals surface area (Å²) in [6.45, 7) is 4.49. The highest BCUT2D eigenvalue weighted by Crippen LogP contribution is 2.12. The van der Waals surface area contributed by atoms with Crippen LogP contribution in [0.15, 0.2) is 16.7 Å². The van der Waals surface area contributed by atoms with Crippen molar-refractivity contribution in [1.29, 1.82) is 0 Å². The number of hydrogen-bond acceptors (Lipinski definition) is 3. The molecule has 0 saturated heterocycles. The van der Waals surface area contributed by atoms with Crippen LogP contribution in [0.2, 0.25) is 0 Å². The molecule has 0 bridgehead atoms. The first-order chi connectivity index (χ1) is 6.79. The van der Waals surface area contributed by atoms with E-state index in [-0.39, 0.29) is 5.97 Å². The fourth-order valence-electron chi connectivity index (χ4n) is 1.18. The minimum atomic E-state index is -0.274. The molecule has 14 heavy (non-hydrogen) atoms. The summed E-state index contributed by atoms with van der Waals surface area (Å²) in [4.78, 5) is 11.5. The Hall–Kier alpha value is -1.25. The Morgan fingerprint density at radius 2 is 2.29 bits per heavy atom. The van der Waals surface area contributed by atoms with Gasteiger partial charge in [0.05, 0.1) is 12.9 Å². The number of ether oxygens (including phenoxy) is 1. The average Bonchev–Trinajstić information content (AvgIpc) is 2.65. The number of aryl methyl sites for hydroxylation is 1. The molecule has 0 atom stereocenters. The van der Waals surface area contributed by atoms with E-state index in [0.29, 0.717) is 24.4 Å². The standard InChI is InChI=1S/C11H16O3/c1-3-5-7-14-11(12)9-6-8-13-10(9)4-2/h6,8H,3-5,7H2,1-2H3. The van der Waals surface area contributed by atoms with Gasteiger partial charge in [-0.3, -0.25) is 0 Å². The van der Waals surface area contributed by atoms with Gasteiger partial charge in [0, 0.05) is 6.42 Å². The van der Waals surface area contributed by atoms with Gasteiger partial charge in [-0.1, -0.05) is 20.3 Å². The van der Waals surface area contributed by atoms with Gasteiger partial charge in [-0.25, -0.2) is 4.79 Å². The summed E-state index contributed by atoms with van der Waals surface area (Å²) >= 11 is 0. The van der Waals surface area contributed by atoms with Crippen LogP contribution in [0.4, 0.5) is 0 Å². The van der Waals surface area contributed by atoms with E-state index < -0.39 is 0 Å². The fraction of sp³-hybridized carbons (Fsp3) is 0.545. The lowest BCUT2D eigenvalue weighted by Gasteiger charge is -2.02. The largest absolute Gasteiger partial charge is 0.468 e. The van der Waals surface area contributed by atoms with E-state index in [1.54, 1.807) is 6.07 Å². The Kier molecular flexibility index (Phi) is 4.23. The van der Waals surface area contributed by atoms with Crippen molar-refractivity contribution in [2.45, 2.75) is 33.1 Å². The van der Waals surface area contributed by atoms with E-state index in [9.17, 15) is 4.79 Å². The second-order valence-electron chi connectivity index (χ2n) is 3.10. The summed E-state index contributed by atoms with van der Waals surface area (Å²) in [5.41, 5.74) is 0.559. The number of carbonyl (C=O) groups is 1. The van der Waals surface area contributed by atoms with Gasteiger partial charge in [-0.05, 0) is 12.5 Å². The molecule has 78 valence electrons. The summed E-state index contributed by atoms with van der Waals surface area (Å²) in [7, 11) is 0. The van der Waals surface area contributed by atoms with Gasteiger partial charge >= 0.3 is 5.97 Å². The molecule has 0 amide bonds. The van der Waals surface area contributed by atoms with E-state index in [1.807, 2.05) is 6.92 Å². The van der Waals surface area contributed by atoms with E-state index >= 15 is 0 Å². The van der Waals surface area contributed by atoms with Crippen LogP contribution in [-0.2, 0) is 11.2 Å². The number of rotatable bonds is 5. The van der Waals surface area contributed by atoms with Crippen molar-refractivity contribution in [3.05, 3.63) is 23.7 Å². The zero-order valence-corrected chi connectivity index (χ0v) is 8.71. The van der Waals surface area contributed by atoms with Gasteiger partial charge in [0.15, 0.2) is 0 Å². The van der Waals surface area contributed by atoms with Crippen LogP contribution in [0, 0.1) is 0 Å². The highest BCUT2D eigenvalue weighted by atomic mass is 16.5. The lowest BCUT2D eigenvalue weighted by molar-refractivity contribution is 0.0497. The summed E-state index contributed by atoms with van der Waals surface area (Å²) in [5, 5.41) is 0. The van der Waals surface area contributed by atoms with Crippen LogP contribution in [0.5, 0.6) is 0 Å². The van der Waals surface area contributed by atoms with Crippen molar-refractivity contribution >= 4 is 5.97 Å². The van der Waals surface area contributed by atoms with Crippen LogP contribution in [0.1, 0.15) is 42.8 Å². The van der Waals surface area contributed by atoms with Crippen molar-refractivity contribution in [1.82, 2.24) is 0 Å². The molecular weight excluding hydrogens is 180 g/mol. The Balaban J connectivity index is 2.51. The SMILES string of the molecule is CCCCOC(=O)c1ccoc1CC. The second kappa shape index (κ2) is 5.47. The van der Waals surface area contributed by atoms with Crippen molar-refractivity contribution in [2.24, 2.45) is 0 Å². The van der Waals surface area contributed by atoms with Crippen molar-refractivity contribution < 1.29 is 13.9 Å². The Morgan fingerprint density at radius 3 is 2.93 bits per heavy atom. The molecule has 0 radical (unpaired) electrons. The minimum Gasteiger partial charge on any atom is -0.468 e. The third-order valence-electron chi connectivity index (χ3n) is 2.02. The Labute approximate surface area is 84.1 Å². The smallest absolute Gasteiger partial charge is 0.341 e. The van der Waals surface area contributed by atoms with E-state index in [4.69, 9.17) is 9.15 Å². The molecule has 3 heteroatoms. The van der Waals surface area contributed by atoms with E-state index in [1.165, 1.54) is 6.26 Å². The molecule has 0 aliphatic rings. The maximum atomic E-state index is 11.5. The number of carbonyl (C=O) groups excluding carboxylic acids is 1. The van der Waals surface area contributed by atoms with Crippen LogP contribution in [0.25, 0.3) is 0 Å². The van der Waals surface area contributed by atoms with Crippen molar-refractivity contribution in [2.75, 3.05) is 6.61 Å². The lowest BCUT2D eigenvalue weighted by atomic mass is 10.2. The maximum absolute atomic E-state index is 11.5. The molecule has 0 N–H and O–H groups in total. The molecule has 0 aliphatic heterocycles. The first-order valence-corrected chi connectivity index (χ1v) is 5.03. The quantitative estimate of drug-likeness (QED) is 0.537. The molecule has 0 fully saturated rings. The fourth-order valence-corrected chi connectivity index (χ4v) is 1.18. The van der Waals surface area contributed by atoms with Crippen LogP contribution in [0.3, 0.4) is 0 Å². The van der Waals surface area contributed by atoms with Crippen LogP contribution < -0.4 is 0 Å². The molecule has 3 nitrogen and oxygen atoms in total. The molecule has 0 aliphatic carbocycles. The minimum absolute atomic E-state index is 0.274. The molecule has 0 saturated carbocycles. The Bertz CT molecular complexity index is 288. The topological polar surface area (TPSA) is 39.4 Å². The van der Waals surface area contributed by atoms with Gasteiger partial charge in [0.2, 0.25) is 0 Å². The molecule has 0 spiro atoms. The number of hydrogen-bond donors (Lipinski definition) is 0. The maximum Gasteiger partial charge on any atom is 0.341 e. The van der Waals surface area contributed by atoms with Crippen molar-refractivity contribution in [3.8, 4) is 0 Å². The predicted octanol–water partition coefficient (Wildman–Crippen LogP) is 2.80. The summed E-state index contributed by atoms with van der Waals surface area (Å²) < 4.78 is 10.2. The molecular formula is C11H16O3. The summed E-state index contributed by atoms with van der Waals surface area (Å²) in [6.07, 6.45) is 4.17. The molecule has 1 aromatic heterocycles. The van der Waals surface area contributed by atoms with Gasteiger partial charge in [0.1, 0.15) is 11.3 Å². The highest BCUT2D eigenvalue weighted by Gasteiger charge is 2.13. The highest BCUT2D eigenvalue weighted by molar-refractivity contribution is 5.90. The average molecular weight is 196 g/mol. The monoisotopic (exact) mass is 196 g/mol. The number of furan rings is 1. The first-order valence-electron chi connectivity index (χ1n) is 5.03. The summed E-state index contributed by atoms with van der Waals surface area (Å²) in [5.74, 6) is 0.426. The first kappa shape index (κ1) is 10.8. The van der Waals surface area contributed by atoms with Gasteiger partial charge in [-0.15, -0.1) is 0 Å². The van der Waals surface area contributed by atoms with Crippen molar-refractivity contribution in [3.63, 3.8) is 0 Å². The second-order valence-corrected chi connectivity index (χ2v) is 3.10. The predicted molar refractivity (Wildman–Crippen MR) is 53.3 cm³/mol. The molecule has 0 aromatic carbocycles. The van der Waals surface area contributed by atoms with Gasteiger partial charge in [0.25, 0.3) is 0 Å². The summed E-state index contributed by atoms with van der Waals surface area (Å²) in [6, 6.07) is 1.66. The van der Waals surface area contributed by atoms with E-state index in [0.717, 1.165) is 12.8 Å². The third-order valence-corrected chi connectivity index (χ3v) is 2.02. The van der Waals surface area contributed by atoms with Crippen LogP contribution >= 0.6 is 0 Å². The molecule has 1 heterocycles. The number of unbranched alkanes of at least 4 members (excludes halogenated alkanes) is 1. The molecule has 0 unspecified atom stereocenters.